The first-order valence-electron chi connectivity index (χ1n) is 11.8. The largest absolute Gasteiger partial charge is 0.464 e. The zero-order chi connectivity index (χ0) is 27.5. The van der Waals surface area contributed by atoms with E-state index in [0.717, 1.165) is 0 Å². The first kappa shape index (κ1) is 30.0. The number of alkyl carbamates (subject to hydrolysis) is 1. The zero-order valence-corrected chi connectivity index (χ0v) is 21.0. The van der Waals surface area contributed by atoms with Crippen molar-refractivity contribution in [3.05, 3.63) is 35.9 Å². The number of aliphatic hydroxyl groups excluding tert-OH is 3. The fourth-order valence-electron chi connectivity index (χ4n) is 3.49. The van der Waals surface area contributed by atoms with Crippen LogP contribution in [0, 0.1) is 5.92 Å². The average molecular weight is 526 g/mol. The summed E-state index contributed by atoms with van der Waals surface area (Å²) >= 11 is 0. The molecule has 1 saturated heterocycles. The van der Waals surface area contributed by atoms with E-state index in [2.05, 4.69) is 16.0 Å². The number of hydrogen-bond donors (Lipinski definition) is 6. The summed E-state index contributed by atoms with van der Waals surface area (Å²) in [5, 5.41) is 37.0. The van der Waals surface area contributed by atoms with Crippen LogP contribution in [0.15, 0.2) is 30.3 Å². The number of carbonyl (C=O) groups is 4. The standard InChI is InChI=1S/C24H35N3O10/c1-13(2)11-35-23(33)16(26-24(34)36-12-15-7-5-4-6-8-15)9-18(30)27-22-19(25-14(3)29)21(32)20(31)17(10-28)37-22/h4-8,13,16-17,19-22,28,31-32H,9-12H2,1-3H3,(H,25,29)(H,26,34)(H,27,30)/t16-,17+,19+,20+,21+,22+/m0/s1. The van der Waals surface area contributed by atoms with Crippen LogP contribution >= 0.6 is 0 Å². The second-order valence-corrected chi connectivity index (χ2v) is 9.04. The van der Waals surface area contributed by atoms with Gasteiger partial charge in [0.1, 0.15) is 37.0 Å². The van der Waals surface area contributed by atoms with Gasteiger partial charge in [0.25, 0.3) is 0 Å². The number of rotatable bonds is 11. The van der Waals surface area contributed by atoms with Gasteiger partial charge in [0.2, 0.25) is 11.8 Å². The van der Waals surface area contributed by atoms with Gasteiger partial charge in [-0.05, 0) is 11.5 Å². The van der Waals surface area contributed by atoms with E-state index in [-0.39, 0.29) is 19.1 Å². The van der Waals surface area contributed by atoms with E-state index in [4.69, 9.17) is 14.2 Å². The maximum absolute atomic E-state index is 12.8. The van der Waals surface area contributed by atoms with Crippen LogP contribution in [0.5, 0.6) is 0 Å². The number of carbonyl (C=O) groups excluding carboxylic acids is 4. The molecule has 0 unspecified atom stereocenters. The minimum absolute atomic E-state index is 0.000779. The third kappa shape index (κ3) is 9.61. The van der Waals surface area contributed by atoms with Crippen LogP contribution in [-0.4, -0.2) is 89.0 Å². The van der Waals surface area contributed by atoms with Crippen LogP contribution in [0.1, 0.15) is 32.8 Å². The predicted molar refractivity (Wildman–Crippen MR) is 127 cm³/mol. The van der Waals surface area contributed by atoms with Gasteiger partial charge in [-0.1, -0.05) is 44.2 Å². The molecule has 0 bridgehead atoms. The molecule has 1 aromatic carbocycles. The van der Waals surface area contributed by atoms with E-state index < -0.39 is 73.5 Å². The molecule has 1 heterocycles. The van der Waals surface area contributed by atoms with Gasteiger partial charge in [0.15, 0.2) is 6.23 Å². The molecule has 0 radical (unpaired) electrons. The number of benzene rings is 1. The molecule has 0 saturated carbocycles. The maximum Gasteiger partial charge on any atom is 0.408 e. The van der Waals surface area contributed by atoms with Crippen molar-refractivity contribution in [1.29, 1.82) is 0 Å². The molecule has 206 valence electrons. The van der Waals surface area contributed by atoms with Gasteiger partial charge in [0, 0.05) is 6.92 Å². The van der Waals surface area contributed by atoms with E-state index in [1.165, 1.54) is 6.92 Å². The van der Waals surface area contributed by atoms with Crippen LogP contribution in [0.25, 0.3) is 0 Å². The molecule has 37 heavy (non-hydrogen) atoms. The van der Waals surface area contributed by atoms with Gasteiger partial charge in [0.05, 0.1) is 19.6 Å². The highest BCUT2D eigenvalue weighted by Crippen LogP contribution is 2.20. The summed E-state index contributed by atoms with van der Waals surface area (Å²) in [5.74, 6) is -2.25. The number of aliphatic hydroxyl groups is 3. The monoisotopic (exact) mass is 525 g/mol. The number of amides is 3. The zero-order valence-electron chi connectivity index (χ0n) is 21.0. The topological polar surface area (TPSA) is 193 Å². The van der Waals surface area contributed by atoms with Crippen LogP contribution < -0.4 is 16.0 Å². The lowest BCUT2D eigenvalue weighted by atomic mass is 9.95. The van der Waals surface area contributed by atoms with E-state index in [9.17, 15) is 34.5 Å². The molecule has 0 aromatic heterocycles. The molecule has 6 atom stereocenters. The molecule has 0 aliphatic carbocycles. The minimum atomic E-state index is -1.57. The van der Waals surface area contributed by atoms with E-state index in [1.54, 1.807) is 30.3 Å². The van der Waals surface area contributed by atoms with E-state index in [1.807, 2.05) is 13.8 Å². The van der Waals surface area contributed by atoms with Crippen LogP contribution in [0.4, 0.5) is 4.79 Å². The number of esters is 1. The Labute approximate surface area is 214 Å². The summed E-state index contributed by atoms with van der Waals surface area (Å²) in [6.45, 7) is 4.12. The fraction of sp³-hybridized carbons (Fsp3) is 0.583. The van der Waals surface area contributed by atoms with E-state index >= 15 is 0 Å². The van der Waals surface area contributed by atoms with Gasteiger partial charge in [-0.15, -0.1) is 0 Å². The number of ether oxygens (including phenoxy) is 3. The van der Waals surface area contributed by atoms with Gasteiger partial charge in [-0.25, -0.2) is 9.59 Å². The Balaban J connectivity index is 2.08. The molecule has 13 heteroatoms. The van der Waals surface area contributed by atoms with Crippen molar-refractivity contribution >= 4 is 23.9 Å². The smallest absolute Gasteiger partial charge is 0.408 e. The highest BCUT2D eigenvalue weighted by atomic mass is 16.6. The predicted octanol–water partition coefficient (Wildman–Crippen LogP) is -1.07. The molecule has 1 aliphatic heterocycles. The molecule has 1 fully saturated rings. The Morgan fingerprint density at radius 2 is 1.70 bits per heavy atom. The Morgan fingerprint density at radius 1 is 1.03 bits per heavy atom. The van der Waals surface area contributed by atoms with Gasteiger partial charge in [-0.3, -0.25) is 9.59 Å². The Hall–Kier alpha value is -3.26. The van der Waals surface area contributed by atoms with Crippen LogP contribution in [0.2, 0.25) is 0 Å². The Morgan fingerprint density at radius 3 is 2.30 bits per heavy atom. The number of hydrogen-bond acceptors (Lipinski definition) is 10. The summed E-state index contributed by atoms with van der Waals surface area (Å²) in [5.41, 5.74) is 0.715. The minimum Gasteiger partial charge on any atom is -0.464 e. The van der Waals surface area contributed by atoms with Gasteiger partial charge < -0.3 is 45.5 Å². The molecule has 2 rings (SSSR count). The summed E-state index contributed by atoms with van der Waals surface area (Å²) in [7, 11) is 0. The molecule has 3 amide bonds. The molecule has 13 nitrogen and oxygen atoms in total. The normalized spacial score (nSPS) is 24.0. The second-order valence-electron chi connectivity index (χ2n) is 9.04. The van der Waals surface area contributed by atoms with Crippen molar-refractivity contribution in [3.63, 3.8) is 0 Å². The molecule has 1 aliphatic rings. The summed E-state index contributed by atoms with van der Waals surface area (Å²) in [6, 6.07) is 6.16. The average Bonchev–Trinajstić information content (AvgIpc) is 2.85. The third-order valence-electron chi connectivity index (χ3n) is 5.34. The third-order valence-corrected chi connectivity index (χ3v) is 5.34. The van der Waals surface area contributed by atoms with Crippen LogP contribution in [0.3, 0.4) is 0 Å². The van der Waals surface area contributed by atoms with Crippen molar-refractivity contribution < 1.29 is 48.7 Å². The van der Waals surface area contributed by atoms with Crippen molar-refractivity contribution in [2.75, 3.05) is 13.2 Å². The lowest BCUT2D eigenvalue weighted by Crippen LogP contribution is -2.68. The number of nitrogens with one attached hydrogen (secondary N) is 3. The fourth-order valence-corrected chi connectivity index (χ4v) is 3.49. The highest BCUT2D eigenvalue weighted by Gasteiger charge is 2.45. The second kappa shape index (κ2) is 14.5. The summed E-state index contributed by atoms with van der Waals surface area (Å²) < 4.78 is 15.8. The molecular formula is C24H35N3O10. The highest BCUT2D eigenvalue weighted by molar-refractivity contribution is 5.88. The Kier molecular flexibility index (Phi) is 11.7. The SMILES string of the molecule is CC(=O)N[C@@H]1[C@@H](O)[C@H](O)[C@@H](CO)O[C@H]1NC(=O)C[C@H](NC(=O)OCc1ccccc1)C(=O)OCC(C)C. The van der Waals surface area contributed by atoms with Crippen molar-refractivity contribution in [2.45, 2.75) is 70.4 Å². The van der Waals surface area contributed by atoms with E-state index in [0.29, 0.717) is 5.56 Å². The van der Waals surface area contributed by atoms with Crippen molar-refractivity contribution in [3.8, 4) is 0 Å². The molecular weight excluding hydrogens is 490 g/mol. The van der Waals surface area contributed by atoms with Crippen LogP contribution in [-0.2, 0) is 35.2 Å². The van der Waals surface area contributed by atoms with Crippen molar-refractivity contribution in [1.82, 2.24) is 16.0 Å². The first-order valence-corrected chi connectivity index (χ1v) is 11.8. The van der Waals surface area contributed by atoms with Gasteiger partial charge in [-0.2, -0.15) is 0 Å². The maximum atomic E-state index is 12.8. The lowest BCUT2D eigenvalue weighted by molar-refractivity contribution is -0.203. The first-order chi connectivity index (χ1) is 17.5. The molecule has 0 spiro atoms. The summed E-state index contributed by atoms with van der Waals surface area (Å²) in [4.78, 5) is 49.4. The summed E-state index contributed by atoms with van der Waals surface area (Å²) in [6.07, 6.45) is -7.25. The Bertz CT molecular complexity index is 913. The quantitative estimate of drug-likeness (QED) is 0.194. The van der Waals surface area contributed by atoms with Crippen molar-refractivity contribution in [2.24, 2.45) is 5.92 Å². The molecule has 6 N–H and O–H groups in total. The molecule has 1 aromatic rings. The van der Waals surface area contributed by atoms with Gasteiger partial charge >= 0.3 is 12.1 Å². The lowest BCUT2D eigenvalue weighted by Gasteiger charge is -2.42.